The van der Waals surface area contributed by atoms with E-state index < -0.39 is 0 Å². The topological polar surface area (TPSA) is 30.5 Å². The van der Waals surface area contributed by atoms with E-state index in [4.69, 9.17) is 9.47 Å². The Balaban J connectivity index is 1.67. The number of benzene rings is 3. The van der Waals surface area contributed by atoms with Crippen LogP contribution in [-0.2, 0) is 35.3 Å². The van der Waals surface area contributed by atoms with E-state index in [0.717, 1.165) is 32.4 Å². The lowest BCUT2D eigenvalue weighted by atomic mass is 9.87. The highest BCUT2D eigenvalue weighted by Gasteiger charge is 2.20. The normalized spacial score (nSPS) is 15.4. The van der Waals surface area contributed by atoms with E-state index in [9.17, 15) is 0 Å². The number of rotatable bonds is 8. The van der Waals surface area contributed by atoms with Crippen LogP contribution in [-0.4, -0.2) is 20.8 Å². The van der Waals surface area contributed by atoms with Crippen LogP contribution in [0, 0.1) is 0 Å². The van der Waals surface area contributed by atoms with Gasteiger partial charge in [-0.05, 0) is 46.3 Å². The van der Waals surface area contributed by atoms with Gasteiger partial charge in [0.1, 0.15) is 0 Å². The molecule has 0 spiro atoms. The van der Waals surface area contributed by atoms with E-state index in [-0.39, 0.29) is 12.2 Å². The van der Waals surface area contributed by atoms with Crippen LogP contribution in [0.3, 0.4) is 0 Å². The third-order valence-electron chi connectivity index (χ3n) is 6.13. The Morgan fingerprint density at radius 2 is 1.23 bits per heavy atom. The lowest BCUT2D eigenvalue weighted by molar-refractivity contribution is 0.0988. The van der Waals surface area contributed by atoms with Crippen LogP contribution < -0.4 is 5.32 Å². The first-order valence-electron chi connectivity index (χ1n) is 10.8. The second-order valence-corrected chi connectivity index (χ2v) is 7.99. The summed E-state index contributed by atoms with van der Waals surface area (Å²) in [5.41, 5.74) is 8.03. The molecule has 0 saturated carbocycles. The molecule has 3 heteroatoms. The summed E-state index contributed by atoms with van der Waals surface area (Å²) in [6.07, 6.45) is 2.88. The summed E-state index contributed by atoms with van der Waals surface area (Å²) in [4.78, 5) is 0. The SMILES string of the molecule is COC(Cc1cc2c(cc1CC(OC)c1ccccc1)CNCC2)c1ccccc1. The fourth-order valence-corrected chi connectivity index (χ4v) is 4.42. The lowest BCUT2D eigenvalue weighted by Crippen LogP contribution is -2.24. The molecule has 0 fully saturated rings. The van der Waals surface area contributed by atoms with Crippen molar-refractivity contribution in [1.29, 1.82) is 0 Å². The molecular weight excluding hydrogens is 370 g/mol. The van der Waals surface area contributed by atoms with Crippen LogP contribution in [0.25, 0.3) is 0 Å². The maximum Gasteiger partial charge on any atom is 0.0861 e. The van der Waals surface area contributed by atoms with E-state index in [1.807, 2.05) is 7.11 Å². The molecule has 0 bridgehead atoms. The van der Waals surface area contributed by atoms with Gasteiger partial charge in [-0.3, -0.25) is 0 Å². The molecule has 3 aromatic rings. The lowest BCUT2D eigenvalue weighted by Gasteiger charge is -2.25. The van der Waals surface area contributed by atoms with Crippen molar-refractivity contribution in [1.82, 2.24) is 5.32 Å². The monoisotopic (exact) mass is 401 g/mol. The molecule has 1 heterocycles. The summed E-state index contributed by atoms with van der Waals surface area (Å²) in [5.74, 6) is 0. The second-order valence-electron chi connectivity index (χ2n) is 7.99. The summed E-state index contributed by atoms with van der Waals surface area (Å²) in [6.45, 7) is 1.99. The number of methoxy groups -OCH3 is 2. The molecule has 0 amide bonds. The number of ether oxygens (including phenoxy) is 2. The Bertz CT molecular complexity index is 861. The maximum absolute atomic E-state index is 5.91. The van der Waals surface area contributed by atoms with Gasteiger partial charge in [-0.1, -0.05) is 72.8 Å². The molecule has 1 aliphatic rings. The van der Waals surface area contributed by atoms with Gasteiger partial charge in [0.2, 0.25) is 0 Å². The number of fused-ring (bicyclic) bond motifs is 1. The number of nitrogens with one attached hydrogen (secondary N) is 1. The highest BCUT2D eigenvalue weighted by atomic mass is 16.5. The first-order valence-corrected chi connectivity index (χ1v) is 10.8. The van der Waals surface area contributed by atoms with Crippen LogP contribution in [0.2, 0.25) is 0 Å². The first kappa shape index (κ1) is 20.8. The molecule has 4 rings (SSSR count). The molecule has 0 radical (unpaired) electrons. The van der Waals surface area contributed by atoms with Gasteiger partial charge < -0.3 is 14.8 Å². The van der Waals surface area contributed by atoms with Gasteiger partial charge in [0.05, 0.1) is 12.2 Å². The van der Waals surface area contributed by atoms with Crippen molar-refractivity contribution >= 4 is 0 Å². The van der Waals surface area contributed by atoms with Crippen LogP contribution in [0.1, 0.15) is 45.6 Å². The van der Waals surface area contributed by atoms with Crippen molar-refractivity contribution in [3.05, 3.63) is 106 Å². The van der Waals surface area contributed by atoms with Crippen LogP contribution in [0.4, 0.5) is 0 Å². The van der Waals surface area contributed by atoms with Gasteiger partial charge >= 0.3 is 0 Å². The first-order chi connectivity index (χ1) is 14.8. The van der Waals surface area contributed by atoms with Crippen LogP contribution >= 0.6 is 0 Å². The third kappa shape index (κ3) is 4.81. The number of hydrogen-bond donors (Lipinski definition) is 1. The largest absolute Gasteiger partial charge is 0.376 e. The molecule has 2 unspecified atom stereocenters. The van der Waals surface area contributed by atoms with E-state index in [2.05, 4.69) is 78.1 Å². The van der Waals surface area contributed by atoms with Crippen LogP contribution in [0.5, 0.6) is 0 Å². The average molecular weight is 402 g/mol. The zero-order valence-corrected chi connectivity index (χ0v) is 17.9. The summed E-state index contributed by atoms with van der Waals surface area (Å²) in [6, 6.07) is 25.8. The van der Waals surface area contributed by atoms with Crippen molar-refractivity contribution in [2.45, 2.75) is 38.0 Å². The Hall–Kier alpha value is -2.46. The highest BCUT2D eigenvalue weighted by molar-refractivity contribution is 5.41. The van der Waals surface area contributed by atoms with Crippen molar-refractivity contribution in [2.75, 3.05) is 20.8 Å². The average Bonchev–Trinajstić information content (AvgIpc) is 2.82. The summed E-state index contributed by atoms with van der Waals surface area (Å²) in [5, 5.41) is 3.51. The van der Waals surface area contributed by atoms with Gasteiger partial charge in [-0.15, -0.1) is 0 Å². The maximum atomic E-state index is 5.91. The third-order valence-corrected chi connectivity index (χ3v) is 6.13. The van der Waals surface area contributed by atoms with Crippen molar-refractivity contribution in [3.63, 3.8) is 0 Å². The molecule has 156 valence electrons. The molecule has 0 aromatic heterocycles. The smallest absolute Gasteiger partial charge is 0.0861 e. The Morgan fingerprint density at radius 1 is 0.733 bits per heavy atom. The van der Waals surface area contributed by atoms with Crippen molar-refractivity contribution < 1.29 is 9.47 Å². The summed E-state index contributed by atoms with van der Waals surface area (Å²) >= 11 is 0. The molecule has 1 aliphatic heterocycles. The zero-order valence-electron chi connectivity index (χ0n) is 17.9. The fraction of sp³-hybridized carbons (Fsp3) is 0.333. The van der Waals surface area contributed by atoms with Gasteiger partial charge in [-0.25, -0.2) is 0 Å². The highest BCUT2D eigenvalue weighted by Crippen LogP contribution is 2.30. The molecule has 30 heavy (non-hydrogen) atoms. The summed E-state index contributed by atoms with van der Waals surface area (Å²) in [7, 11) is 3.61. The molecule has 1 N–H and O–H groups in total. The van der Waals surface area contributed by atoms with Gasteiger partial charge in [0.25, 0.3) is 0 Å². The van der Waals surface area contributed by atoms with Crippen LogP contribution in [0.15, 0.2) is 72.8 Å². The molecule has 0 aliphatic carbocycles. The summed E-state index contributed by atoms with van der Waals surface area (Å²) < 4.78 is 11.8. The van der Waals surface area contributed by atoms with E-state index in [0.29, 0.717) is 0 Å². The fourth-order valence-electron chi connectivity index (χ4n) is 4.42. The van der Waals surface area contributed by atoms with Gasteiger partial charge in [-0.2, -0.15) is 0 Å². The minimum atomic E-state index is 0.0391. The predicted octanol–water partition coefficient (Wildman–Crippen LogP) is 5.19. The molecular formula is C27H31NO2. The second kappa shape index (κ2) is 10.0. The zero-order chi connectivity index (χ0) is 20.8. The number of hydrogen-bond acceptors (Lipinski definition) is 3. The Labute approximate surface area is 180 Å². The predicted molar refractivity (Wildman–Crippen MR) is 122 cm³/mol. The quantitative estimate of drug-likeness (QED) is 0.563. The van der Waals surface area contributed by atoms with E-state index in [1.54, 1.807) is 7.11 Å². The Kier molecular flexibility index (Phi) is 6.96. The Morgan fingerprint density at radius 3 is 1.73 bits per heavy atom. The van der Waals surface area contributed by atoms with E-state index >= 15 is 0 Å². The molecule has 0 saturated heterocycles. The molecule has 3 nitrogen and oxygen atoms in total. The minimum Gasteiger partial charge on any atom is -0.376 e. The van der Waals surface area contributed by atoms with Crippen molar-refractivity contribution in [2.24, 2.45) is 0 Å². The van der Waals surface area contributed by atoms with Crippen molar-refractivity contribution in [3.8, 4) is 0 Å². The molecule has 3 aromatic carbocycles. The van der Waals surface area contributed by atoms with Gasteiger partial charge in [0.15, 0.2) is 0 Å². The van der Waals surface area contributed by atoms with E-state index in [1.165, 1.54) is 33.4 Å². The standard InChI is InChI=1S/C27H31NO2/c1-29-26(20-9-5-3-6-10-20)17-23-15-22-13-14-28-19-25(22)16-24(23)18-27(30-2)21-11-7-4-8-12-21/h3-12,15-16,26-28H,13-14,17-19H2,1-2H3. The minimum absolute atomic E-state index is 0.0391. The molecule has 2 atom stereocenters. The van der Waals surface area contributed by atoms with Gasteiger partial charge in [0, 0.05) is 33.6 Å².